The van der Waals surface area contributed by atoms with Gasteiger partial charge in [0.1, 0.15) is 0 Å². The number of aromatic nitrogens is 1. The Balaban J connectivity index is 2.64. The van der Waals surface area contributed by atoms with Crippen LogP contribution < -0.4 is 5.73 Å². The van der Waals surface area contributed by atoms with Crippen LogP contribution in [-0.2, 0) is 13.1 Å². The highest BCUT2D eigenvalue weighted by molar-refractivity contribution is 5.16. The van der Waals surface area contributed by atoms with Crippen LogP contribution in [0, 0.1) is 0 Å². The van der Waals surface area contributed by atoms with Gasteiger partial charge < -0.3 is 10.8 Å². The average molecular weight is 237 g/mol. The molecule has 0 saturated carbocycles. The van der Waals surface area contributed by atoms with Crippen molar-refractivity contribution in [1.29, 1.82) is 0 Å². The van der Waals surface area contributed by atoms with Crippen molar-refractivity contribution in [3.8, 4) is 0 Å². The van der Waals surface area contributed by atoms with E-state index < -0.39 is 0 Å². The second-order valence-corrected chi connectivity index (χ2v) is 4.50. The predicted molar refractivity (Wildman–Crippen MR) is 69.4 cm³/mol. The van der Waals surface area contributed by atoms with Crippen LogP contribution in [0.4, 0.5) is 0 Å². The predicted octanol–water partition coefficient (Wildman–Crippen LogP) is 1.13. The van der Waals surface area contributed by atoms with Crippen molar-refractivity contribution >= 4 is 0 Å². The zero-order chi connectivity index (χ0) is 12.7. The van der Waals surface area contributed by atoms with E-state index in [9.17, 15) is 0 Å². The third kappa shape index (κ3) is 4.81. The molecule has 0 saturated heterocycles. The lowest BCUT2D eigenvalue weighted by Crippen LogP contribution is -2.31. The van der Waals surface area contributed by atoms with Crippen LogP contribution in [0.2, 0.25) is 0 Å². The van der Waals surface area contributed by atoms with E-state index in [4.69, 9.17) is 10.8 Å². The van der Waals surface area contributed by atoms with Crippen LogP contribution in [0.1, 0.15) is 31.5 Å². The van der Waals surface area contributed by atoms with Gasteiger partial charge in [-0.1, -0.05) is 0 Å². The number of rotatable bonds is 7. The van der Waals surface area contributed by atoms with Crippen molar-refractivity contribution in [2.45, 2.75) is 39.4 Å². The number of hydrogen-bond acceptors (Lipinski definition) is 4. The molecule has 0 amide bonds. The van der Waals surface area contributed by atoms with Crippen molar-refractivity contribution in [3.63, 3.8) is 0 Å². The molecule has 0 radical (unpaired) electrons. The van der Waals surface area contributed by atoms with Gasteiger partial charge in [-0.25, -0.2) is 0 Å². The van der Waals surface area contributed by atoms with Crippen LogP contribution >= 0.6 is 0 Å². The summed E-state index contributed by atoms with van der Waals surface area (Å²) in [7, 11) is 0. The molecule has 1 aromatic heterocycles. The smallest absolute Gasteiger partial charge is 0.0542 e. The van der Waals surface area contributed by atoms with Gasteiger partial charge in [-0.15, -0.1) is 0 Å². The Morgan fingerprint density at radius 1 is 1.47 bits per heavy atom. The Bertz CT molecular complexity index is 328. The van der Waals surface area contributed by atoms with Crippen molar-refractivity contribution in [2.24, 2.45) is 5.73 Å². The fourth-order valence-corrected chi connectivity index (χ4v) is 1.77. The molecule has 0 aliphatic carbocycles. The molecule has 0 aliphatic heterocycles. The normalized spacial score (nSPS) is 11.4. The Hall–Kier alpha value is -0.970. The van der Waals surface area contributed by atoms with Crippen molar-refractivity contribution < 1.29 is 5.11 Å². The number of aliphatic hydroxyl groups is 1. The molecule has 0 fully saturated rings. The lowest BCUT2D eigenvalue weighted by molar-refractivity contribution is 0.185. The van der Waals surface area contributed by atoms with Gasteiger partial charge in [0.05, 0.1) is 5.69 Å². The molecule has 1 rings (SSSR count). The molecule has 4 heteroatoms. The summed E-state index contributed by atoms with van der Waals surface area (Å²) in [5.41, 5.74) is 7.73. The minimum absolute atomic E-state index is 0.244. The van der Waals surface area contributed by atoms with Gasteiger partial charge >= 0.3 is 0 Å². The number of aliphatic hydroxyl groups excluding tert-OH is 1. The third-order valence-electron chi connectivity index (χ3n) is 2.81. The molecule has 1 heterocycles. The summed E-state index contributed by atoms with van der Waals surface area (Å²) in [5, 5.41) is 8.89. The number of nitrogens with zero attached hydrogens (tertiary/aromatic N) is 2. The molecule has 3 N–H and O–H groups in total. The van der Waals surface area contributed by atoms with Crippen LogP contribution in [-0.4, -0.2) is 34.2 Å². The molecule has 0 atom stereocenters. The molecule has 0 bridgehead atoms. The van der Waals surface area contributed by atoms with E-state index >= 15 is 0 Å². The summed E-state index contributed by atoms with van der Waals surface area (Å²) >= 11 is 0. The number of hydrogen-bond donors (Lipinski definition) is 2. The summed E-state index contributed by atoms with van der Waals surface area (Å²) in [4.78, 5) is 6.53. The standard InChI is InChI=1S/C13H23N3O/c1-11(2)16(6-3-7-17)10-12-4-5-15-13(8-12)9-14/h4-5,8,11,17H,3,6-7,9-10,14H2,1-2H3. The second kappa shape index (κ2) is 7.37. The fraction of sp³-hybridized carbons (Fsp3) is 0.615. The quantitative estimate of drug-likeness (QED) is 0.746. The maximum Gasteiger partial charge on any atom is 0.0542 e. The average Bonchev–Trinajstić information content (AvgIpc) is 2.34. The van der Waals surface area contributed by atoms with Crippen LogP contribution in [0.15, 0.2) is 18.3 Å². The fourth-order valence-electron chi connectivity index (χ4n) is 1.77. The topological polar surface area (TPSA) is 62.4 Å². The van der Waals surface area contributed by atoms with Gasteiger partial charge in [-0.2, -0.15) is 0 Å². The van der Waals surface area contributed by atoms with Gasteiger partial charge in [-0.3, -0.25) is 9.88 Å². The minimum atomic E-state index is 0.244. The Morgan fingerprint density at radius 3 is 2.82 bits per heavy atom. The first-order valence-corrected chi connectivity index (χ1v) is 6.16. The summed E-state index contributed by atoms with van der Waals surface area (Å²) in [6.07, 6.45) is 2.62. The molecule has 96 valence electrons. The molecule has 1 aromatic rings. The molecular formula is C13H23N3O. The first kappa shape index (κ1) is 14.1. The summed E-state index contributed by atoms with van der Waals surface area (Å²) in [6.45, 7) is 6.85. The Labute approximate surface area is 103 Å². The lowest BCUT2D eigenvalue weighted by Gasteiger charge is -2.26. The molecule has 17 heavy (non-hydrogen) atoms. The highest BCUT2D eigenvalue weighted by Crippen LogP contribution is 2.09. The summed E-state index contributed by atoms with van der Waals surface area (Å²) in [6, 6.07) is 4.54. The first-order chi connectivity index (χ1) is 8.17. The van der Waals surface area contributed by atoms with E-state index in [2.05, 4.69) is 23.7 Å². The molecule has 0 aromatic carbocycles. The van der Waals surface area contributed by atoms with E-state index in [1.54, 1.807) is 0 Å². The van der Waals surface area contributed by atoms with E-state index in [1.807, 2.05) is 18.3 Å². The van der Waals surface area contributed by atoms with Crippen molar-refractivity contribution in [2.75, 3.05) is 13.2 Å². The van der Waals surface area contributed by atoms with Gasteiger partial charge in [0, 0.05) is 38.5 Å². The zero-order valence-corrected chi connectivity index (χ0v) is 10.8. The number of pyridine rings is 1. The lowest BCUT2D eigenvalue weighted by atomic mass is 10.2. The molecule has 0 spiro atoms. The summed E-state index contributed by atoms with van der Waals surface area (Å²) in [5.74, 6) is 0. The highest BCUT2D eigenvalue weighted by Gasteiger charge is 2.09. The molecule has 4 nitrogen and oxygen atoms in total. The van der Waals surface area contributed by atoms with E-state index in [0.29, 0.717) is 12.6 Å². The maximum atomic E-state index is 8.89. The van der Waals surface area contributed by atoms with Gasteiger partial charge in [0.15, 0.2) is 0 Å². The van der Waals surface area contributed by atoms with E-state index in [-0.39, 0.29) is 6.61 Å². The van der Waals surface area contributed by atoms with Gasteiger partial charge in [-0.05, 0) is 38.0 Å². The maximum absolute atomic E-state index is 8.89. The second-order valence-electron chi connectivity index (χ2n) is 4.50. The van der Waals surface area contributed by atoms with E-state index in [1.165, 1.54) is 5.56 Å². The van der Waals surface area contributed by atoms with Crippen LogP contribution in [0.25, 0.3) is 0 Å². The third-order valence-corrected chi connectivity index (χ3v) is 2.81. The Morgan fingerprint density at radius 2 is 2.24 bits per heavy atom. The Kier molecular flexibility index (Phi) is 6.11. The van der Waals surface area contributed by atoms with Gasteiger partial charge in [0.2, 0.25) is 0 Å². The molecular weight excluding hydrogens is 214 g/mol. The first-order valence-electron chi connectivity index (χ1n) is 6.16. The van der Waals surface area contributed by atoms with Crippen LogP contribution in [0.3, 0.4) is 0 Å². The van der Waals surface area contributed by atoms with Crippen LogP contribution in [0.5, 0.6) is 0 Å². The van der Waals surface area contributed by atoms with E-state index in [0.717, 1.165) is 25.2 Å². The summed E-state index contributed by atoms with van der Waals surface area (Å²) < 4.78 is 0. The SMILES string of the molecule is CC(C)N(CCCO)Cc1ccnc(CN)c1. The highest BCUT2D eigenvalue weighted by atomic mass is 16.3. The van der Waals surface area contributed by atoms with Gasteiger partial charge in [0.25, 0.3) is 0 Å². The molecule has 0 aliphatic rings. The largest absolute Gasteiger partial charge is 0.396 e. The number of nitrogens with two attached hydrogens (primary N) is 1. The minimum Gasteiger partial charge on any atom is -0.396 e. The molecule has 0 unspecified atom stereocenters. The monoisotopic (exact) mass is 237 g/mol. The zero-order valence-electron chi connectivity index (χ0n) is 10.8. The van der Waals surface area contributed by atoms with Crippen molar-refractivity contribution in [1.82, 2.24) is 9.88 Å². The van der Waals surface area contributed by atoms with Crippen molar-refractivity contribution in [3.05, 3.63) is 29.6 Å².